The van der Waals surface area contributed by atoms with E-state index in [0.717, 1.165) is 0 Å². The highest BCUT2D eigenvalue weighted by molar-refractivity contribution is 7.90. The van der Waals surface area contributed by atoms with Crippen LogP contribution in [0.25, 0.3) is 0 Å². The third kappa shape index (κ3) is 4.54. The minimum atomic E-state index is -2.96. The fraction of sp³-hybridized carbons (Fsp3) is 0.500. The molecule has 1 rings (SSSR count). The maximum absolute atomic E-state index is 11.1. The van der Waals surface area contributed by atoms with Gasteiger partial charge in [0.15, 0.2) is 11.5 Å². The van der Waals surface area contributed by atoms with Crippen LogP contribution in [-0.4, -0.2) is 51.1 Å². The van der Waals surface area contributed by atoms with Crippen molar-refractivity contribution in [1.82, 2.24) is 4.90 Å². The van der Waals surface area contributed by atoms with Gasteiger partial charge in [-0.3, -0.25) is 0 Å². The normalized spacial score (nSPS) is 11.8. The highest BCUT2D eigenvalue weighted by atomic mass is 32.2. The summed E-state index contributed by atoms with van der Waals surface area (Å²) < 4.78 is 27.1. The zero-order chi connectivity index (χ0) is 13.8. The minimum Gasteiger partial charge on any atom is -0.504 e. The Morgan fingerprint density at radius 3 is 2.61 bits per heavy atom. The van der Waals surface area contributed by atoms with Gasteiger partial charge in [-0.25, -0.2) is 8.42 Å². The molecule has 0 unspecified atom stereocenters. The second-order valence-electron chi connectivity index (χ2n) is 4.34. The highest BCUT2D eigenvalue weighted by Gasteiger charge is 2.11. The van der Waals surface area contributed by atoms with E-state index >= 15 is 0 Å². The molecule has 0 spiro atoms. The number of sulfone groups is 1. The number of benzene rings is 1. The lowest BCUT2D eigenvalue weighted by Gasteiger charge is -2.17. The van der Waals surface area contributed by atoms with Gasteiger partial charge in [0, 0.05) is 24.9 Å². The van der Waals surface area contributed by atoms with Crippen LogP contribution in [-0.2, 0) is 16.4 Å². The van der Waals surface area contributed by atoms with Crippen molar-refractivity contribution in [3.05, 3.63) is 23.8 Å². The third-order valence-electron chi connectivity index (χ3n) is 2.59. The summed E-state index contributed by atoms with van der Waals surface area (Å²) in [7, 11) is 0.339. The van der Waals surface area contributed by atoms with Crippen LogP contribution in [0.15, 0.2) is 18.2 Å². The van der Waals surface area contributed by atoms with Gasteiger partial charge in [0.2, 0.25) is 0 Å². The van der Waals surface area contributed by atoms with Crippen LogP contribution in [0.5, 0.6) is 11.5 Å². The first-order valence-corrected chi connectivity index (χ1v) is 7.60. The summed E-state index contributed by atoms with van der Waals surface area (Å²) in [4.78, 5) is 1.84. The van der Waals surface area contributed by atoms with Crippen LogP contribution < -0.4 is 4.74 Å². The molecule has 18 heavy (non-hydrogen) atoms. The second kappa shape index (κ2) is 6.06. The van der Waals surface area contributed by atoms with Crippen molar-refractivity contribution in [2.24, 2.45) is 0 Å². The van der Waals surface area contributed by atoms with Gasteiger partial charge in [-0.2, -0.15) is 0 Å². The quantitative estimate of drug-likeness (QED) is 0.833. The van der Waals surface area contributed by atoms with Crippen molar-refractivity contribution in [3.8, 4) is 11.5 Å². The van der Waals surface area contributed by atoms with Crippen molar-refractivity contribution in [2.45, 2.75) is 6.54 Å². The van der Waals surface area contributed by atoms with E-state index in [4.69, 9.17) is 4.74 Å². The Labute approximate surface area is 108 Å². The molecule has 0 saturated heterocycles. The lowest BCUT2D eigenvalue weighted by Crippen LogP contribution is -2.24. The number of phenolic OH excluding ortho intramolecular Hbond substituents is 1. The van der Waals surface area contributed by atoms with E-state index in [2.05, 4.69) is 0 Å². The SMILES string of the molecule is COc1cccc(CN(C)CCS(C)(=O)=O)c1O. The first-order valence-electron chi connectivity index (χ1n) is 5.54. The fourth-order valence-corrected chi connectivity index (χ4v) is 2.19. The topological polar surface area (TPSA) is 66.8 Å². The predicted molar refractivity (Wildman–Crippen MR) is 70.7 cm³/mol. The first-order chi connectivity index (χ1) is 8.33. The van der Waals surface area contributed by atoms with Gasteiger partial charge in [0.05, 0.1) is 12.9 Å². The Morgan fingerprint density at radius 2 is 2.06 bits per heavy atom. The number of rotatable bonds is 6. The van der Waals surface area contributed by atoms with Gasteiger partial charge < -0.3 is 14.7 Å². The lowest BCUT2D eigenvalue weighted by molar-refractivity contribution is 0.329. The molecule has 0 heterocycles. The van der Waals surface area contributed by atoms with Gasteiger partial charge >= 0.3 is 0 Å². The number of hydrogen-bond acceptors (Lipinski definition) is 5. The monoisotopic (exact) mass is 273 g/mol. The van der Waals surface area contributed by atoms with Gasteiger partial charge in [-0.1, -0.05) is 12.1 Å². The Hall–Kier alpha value is -1.27. The van der Waals surface area contributed by atoms with Crippen LogP contribution in [0.2, 0.25) is 0 Å². The van der Waals surface area contributed by atoms with Crippen molar-refractivity contribution in [1.29, 1.82) is 0 Å². The molecule has 0 radical (unpaired) electrons. The molecule has 5 nitrogen and oxygen atoms in total. The highest BCUT2D eigenvalue weighted by Crippen LogP contribution is 2.29. The average molecular weight is 273 g/mol. The number of methoxy groups -OCH3 is 1. The van der Waals surface area contributed by atoms with E-state index in [-0.39, 0.29) is 11.5 Å². The summed E-state index contributed by atoms with van der Waals surface area (Å²) in [5.74, 6) is 0.629. The maximum atomic E-state index is 11.1. The smallest absolute Gasteiger partial charge is 0.162 e. The summed E-state index contributed by atoms with van der Waals surface area (Å²) in [5.41, 5.74) is 0.713. The Kier molecular flexibility index (Phi) is 4.98. The molecular weight excluding hydrogens is 254 g/mol. The predicted octanol–water partition coefficient (Wildman–Crippen LogP) is 0.877. The van der Waals surface area contributed by atoms with Crippen molar-refractivity contribution >= 4 is 9.84 Å². The molecule has 0 saturated carbocycles. The molecule has 1 aromatic carbocycles. The Bertz CT molecular complexity index is 499. The zero-order valence-corrected chi connectivity index (χ0v) is 11.7. The number of hydrogen-bond donors (Lipinski definition) is 1. The molecule has 0 atom stereocenters. The molecule has 0 bridgehead atoms. The number of phenols is 1. The van der Waals surface area contributed by atoms with E-state index in [1.165, 1.54) is 13.4 Å². The molecule has 0 aliphatic rings. The van der Waals surface area contributed by atoms with Crippen LogP contribution in [0.4, 0.5) is 0 Å². The Balaban J connectivity index is 2.67. The molecule has 0 aromatic heterocycles. The van der Waals surface area contributed by atoms with Crippen molar-refractivity contribution in [2.75, 3.05) is 32.7 Å². The second-order valence-corrected chi connectivity index (χ2v) is 6.60. The molecule has 0 amide bonds. The molecule has 102 valence electrons. The summed E-state index contributed by atoms with van der Waals surface area (Å²) in [6.07, 6.45) is 1.21. The van der Waals surface area contributed by atoms with Crippen LogP contribution >= 0.6 is 0 Å². The molecule has 1 N–H and O–H groups in total. The van der Waals surface area contributed by atoms with E-state index in [1.54, 1.807) is 18.2 Å². The van der Waals surface area contributed by atoms with E-state index < -0.39 is 9.84 Å². The maximum Gasteiger partial charge on any atom is 0.162 e. The van der Waals surface area contributed by atoms with Crippen LogP contribution in [0, 0.1) is 0 Å². The molecular formula is C12H19NO4S. The number of nitrogens with zero attached hydrogens (tertiary/aromatic N) is 1. The van der Waals surface area contributed by atoms with E-state index in [1.807, 2.05) is 11.9 Å². The first kappa shape index (κ1) is 14.8. The minimum absolute atomic E-state index is 0.103. The Morgan fingerprint density at radius 1 is 1.39 bits per heavy atom. The van der Waals surface area contributed by atoms with Crippen LogP contribution in [0.3, 0.4) is 0 Å². The summed E-state index contributed by atoms with van der Waals surface area (Å²) >= 11 is 0. The lowest BCUT2D eigenvalue weighted by atomic mass is 10.2. The fourth-order valence-electron chi connectivity index (χ4n) is 1.55. The molecule has 1 aromatic rings. The average Bonchev–Trinajstić information content (AvgIpc) is 2.28. The number of para-hydroxylation sites is 1. The molecule has 0 fully saturated rings. The van der Waals surface area contributed by atoms with Gasteiger partial charge in [-0.05, 0) is 13.1 Å². The summed E-state index contributed by atoms with van der Waals surface area (Å²) in [6.45, 7) is 0.897. The van der Waals surface area contributed by atoms with Crippen molar-refractivity contribution in [3.63, 3.8) is 0 Å². The van der Waals surface area contributed by atoms with Crippen molar-refractivity contribution < 1.29 is 18.3 Å². The van der Waals surface area contributed by atoms with Crippen LogP contribution in [0.1, 0.15) is 5.56 Å². The summed E-state index contributed by atoms with van der Waals surface area (Å²) in [6, 6.07) is 5.25. The van der Waals surface area contributed by atoms with Gasteiger partial charge in [0.25, 0.3) is 0 Å². The molecule has 0 aliphatic carbocycles. The number of aromatic hydroxyl groups is 1. The van der Waals surface area contributed by atoms with Gasteiger partial charge in [0.1, 0.15) is 9.84 Å². The largest absolute Gasteiger partial charge is 0.504 e. The third-order valence-corrected chi connectivity index (χ3v) is 3.51. The van der Waals surface area contributed by atoms with Gasteiger partial charge in [-0.15, -0.1) is 0 Å². The molecule has 6 heteroatoms. The van der Waals surface area contributed by atoms with E-state index in [9.17, 15) is 13.5 Å². The summed E-state index contributed by atoms with van der Waals surface area (Å²) in [5, 5.41) is 9.90. The van der Waals surface area contributed by atoms with E-state index in [0.29, 0.717) is 24.4 Å². The molecule has 0 aliphatic heterocycles. The standard InChI is InChI=1S/C12H19NO4S/c1-13(7-8-18(3,15)16)9-10-5-4-6-11(17-2)12(10)14/h4-6,14H,7-9H2,1-3H3. The zero-order valence-electron chi connectivity index (χ0n) is 10.9. The number of ether oxygens (including phenoxy) is 1.